The van der Waals surface area contributed by atoms with E-state index in [9.17, 15) is 9.59 Å². The second kappa shape index (κ2) is 5.30. The van der Waals surface area contributed by atoms with Crippen molar-refractivity contribution >= 4 is 11.8 Å². The number of fused-ring (bicyclic) bond motifs is 1. The number of carbonyl (C=O) groups excluding carboxylic acids is 1. The third kappa shape index (κ3) is 2.54. The van der Waals surface area contributed by atoms with Crippen LogP contribution in [0.1, 0.15) is 35.7 Å². The highest BCUT2D eigenvalue weighted by Crippen LogP contribution is 2.36. The Balaban J connectivity index is 2.45. The number of carboxylic acids is 1. The molecule has 2 rings (SSSR count). The van der Waals surface area contributed by atoms with E-state index in [0.717, 1.165) is 18.4 Å². The zero-order valence-corrected chi connectivity index (χ0v) is 10.9. The first-order valence-corrected chi connectivity index (χ1v) is 6.17. The van der Waals surface area contributed by atoms with Crippen LogP contribution >= 0.6 is 0 Å². The molecular weight excluding hydrogens is 248 g/mol. The molecule has 0 bridgehead atoms. The van der Waals surface area contributed by atoms with Crippen molar-refractivity contribution in [2.75, 3.05) is 7.11 Å². The molecule has 0 fully saturated rings. The molecule has 0 radical (unpaired) electrons. The monoisotopic (exact) mass is 264 g/mol. The SMILES string of the molecule is COc1ccc(O[C@H](C)C(=O)O)c2c1CCCC2=O. The quantitative estimate of drug-likeness (QED) is 0.901. The van der Waals surface area contributed by atoms with Crippen molar-refractivity contribution in [3.05, 3.63) is 23.3 Å². The first-order valence-electron chi connectivity index (χ1n) is 6.17. The Morgan fingerprint density at radius 2 is 2.00 bits per heavy atom. The predicted octanol–water partition coefficient (Wildman–Crippen LogP) is 2.07. The molecule has 0 aromatic heterocycles. The number of benzene rings is 1. The zero-order chi connectivity index (χ0) is 14.0. The molecule has 1 aromatic rings. The zero-order valence-electron chi connectivity index (χ0n) is 10.9. The van der Waals surface area contributed by atoms with E-state index >= 15 is 0 Å². The molecule has 102 valence electrons. The summed E-state index contributed by atoms with van der Waals surface area (Å²) in [4.78, 5) is 22.9. The number of hydrogen-bond donors (Lipinski definition) is 1. The first-order chi connectivity index (χ1) is 9.04. The van der Waals surface area contributed by atoms with E-state index in [-0.39, 0.29) is 5.78 Å². The number of methoxy groups -OCH3 is 1. The second-order valence-corrected chi connectivity index (χ2v) is 4.49. The van der Waals surface area contributed by atoms with E-state index < -0.39 is 12.1 Å². The Kier molecular flexibility index (Phi) is 3.74. The highest BCUT2D eigenvalue weighted by Gasteiger charge is 2.26. The summed E-state index contributed by atoms with van der Waals surface area (Å²) in [6, 6.07) is 3.31. The van der Waals surface area contributed by atoms with Crippen LogP contribution in [0, 0.1) is 0 Å². The smallest absolute Gasteiger partial charge is 0.344 e. The molecule has 1 N–H and O–H groups in total. The second-order valence-electron chi connectivity index (χ2n) is 4.49. The van der Waals surface area contributed by atoms with Gasteiger partial charge in [-0.15, -0.1) is 0 Å². The summed E-state index contributed by atoms with van der Waals surface area (Å²) in [7, 11) is 1.55. The fraction of sp³-hybridized carbons (Fsp3) is 0.429. The van der Waals surface area contributed by atoms with Crippen LogP contribution in [0.15, 0.2) is 12.1 Å². The minimum absolute atomic E-state index is 0.0206. The number of Topliss-reactive ketones (excluding diaryl/α,β-unsaturated/α-hetero) is 1. The van der Waals surface area contributed by atoms with Crippen LogP contribution in [0.25, 0.3) is 0 Å². The lowest BCUT2D eigenvalue weighted by atomic mass is 9.89. The minimum Gasteiger partial charge on any atom is -0.496 e. The van der Waals surface area contributed by atoms with Gasteiger partial charge in [-0.1, -0.05) is 0 Å². The molecule has 0 heterocycles. The van der Waals surface area contributed by atoms with Gasteiger partial charge in [0.1, 0.15) is 11.5 Å². The van der Waals surface area contributed by atoms with Crippen molar-refractivity contribution in [3.63, 3.8) is 0 Å². The Bertz CT molecular complexity index is 521. The lowest BCUT2D eigenvalue weighted by molar-refractivity contribution is -0.144. The van der Waals surface area contributed by atoms with E-state index in [1.165, 1.54) is 6.92 Å². The van der Waals surface area contributed by atoms with E-state index in [1.54, 1.807) is 19.2 Å². The Morgan fingerprint density at radius 3 is 2.63 bits per heavy atom. The third-order valence-electron chi connectivity index (χ3n) is 3.21. The number of aliphatic carboxylic acids is 1. The lowest BCUT2D eigenvalue weighted by Gasteiger charge is -2.22. The normalized spacial score (nSPS) is 15.6. The molecule has 0 spiro atoms. The highest BCUT2D eigenvalue weighted by molar-refractivity contribution is 6.01. The lowest BCUT2D eigenvalue weighted by Crippen LogP contribution is -2.25. The molecule has 5 nitrogen and oxygen atoms in total. The van der Waals surface area contributed by atoms with Crippen LogP contribution in [0.2, 0.25) is 0 Å². The highest BCUT2D eigenvalue weighted by atomic mass is 16.5. The van der Waals surface area contributed by atoms with Gasteiger partial charge in [0.05, 0.1) is 12.7 Å². The number of carbonyl (C=O) groups is 2. The maximum Gasteiger partial charge on any atom is 0.344 e. The number of ketones is 1. The Morgan fingerprint density at radius 1 is 1.32 bits per heavy atom. The maximum atomic E-state index is 12.0. The van der Waals surface area contributed by atoms with Crippen molar-refractivity contribution in [2.45, 2.75) is 32.3 Å². The molecule has 1 aromatic carbocycles. The molecule has 0 unspecified atom stereocenters. The number of ether oxygens (including phenoxy) is 2. The topological polar surface area (TPSA) is 72.8 Å². The standard InChI is InChI=1S/C14H16O5/c1-8(14(16)17)19-12-7-6-11(18-2)9-4-3-5-10(15)13(9)12/h6-8H,3-5H2,1-2H3,(H,16,17)/t8-/m1/s1. The van der Waals surface area contributed by atoms with Crippen LogP contribution in [-0.4, -0.2) is 30.1 Å². The molecule has 19 heavy (non-hydrogen) atoms. The van der Waals surface area contributed by atoms with Crippen molar-refractivity contribution < 1.29 is 24.2 Å². The molecule has 5 heteroatoms. The number of carboxylic acid groups (broad SMARTS) is 1. The largest absolute Gasteiger partial charge is 0.496 e. The molecule has 1 aliphatic carbocycles. The number of rotatable bonds is 4. The molecule has 1 aliphatic rings. The minimum atomic E-state index is -1.06. The first kappa shape index (κ1) is 13.4. The fourth-order valence-electron chi connectivity index (χ4n) is 2.24. The van der Waals surface area contributed by atoms with Gasteiger partial charge in [-0.05, 0) is 31.9 Å². The molecule has 0 aliphatic heterocycles. The summed E-state index contributed by atoms with van der Waals surface area (Å²) in [5, 5.41) is 8.88. The summed E-state index contributed by atoms with van der Waals surface area (Å²) in [5.74, 6) is -0.102. The van der Waals surface area contributed by atoms with Gasteiger partial charge in [0.2, 0.25) is 0 Å². The Labute approximate surface area is 111 Å². The molecular formula is C14H16O5. The summed E-state index contributed by atoms with van der Waals surface area (Å²) in [6.07, 6.45) is 0.980. The average Bonchev–Trinajstić information content (AvgIpc) is 2.39. The van der Waals surface area contributed by atoms with Crippen molar-refractivity contribution in [1.29, 1.82) is 0 Å². The van der Waals surface area contributed by atoms with Crippen LogP contribution < -0.4 is 9.47 Å². The predicted molar refractivity (Wildman–Crippen MR) is 68.0 cm³/mol. The van der Waals surface area contributed by atoms with Gasteiger partial charge in [0.15, 0.2) is 11.9 Å². The van der Waals surface area contributed by atoms with Crippen molar-refractivity contribution in [1.82, 2.24) is 0 Å². The molecule has 0 amide bonds. The van der Waals surface area contributed by atoms with Gasteiger partial charge in [0.25, 0.3) is 0 Å². The van der Waals surface area contributed by atoms with Crippen LogP contribution in [0.5, 0.6) is 11.5 Å². The van der Waals surface area contributed by atoms with Gasteiger partial charge >= 0.3 is 5.97 Å². The van der Waals surface area contributed by atoms with E-state index in [2.05, 4.69) is 0 Å². The summed E-state index contributed by atoms with van der Waals surface area (Å²) < 4.78 is 10.6. The van der Waals surface area contributed by atoms with Crippen LogP contribution in [-0.2, 0) is 11.2 Å². The van der Waals surface area contributed by atoms with Crippen molar-refractivity contribution in [2.24, 2.45) is 0 Å². The van der Waals surface area contributed by atoms with Crippen LogP contribution in [0.4, 0.5) is 0 Å². The van der Waals surface area contributed by atoms with Gasteiger partial charge in [-0.3, -0.25) is 4.79 Å². The van der Waals surface area contributed by atoms with Gasteiger partial charge in [0, 0.05) is 12.0 Å². The van der Waals surface area contributed by atoms with Gasteiger partial charge < -0.3 is 14.6 Å². The van der Waals surface area contributed by atoms with E-state index in [0.29, 0.717) is 23.5 Å². The Hall–Kier alpha value is -2.04. The summed E-state index contributed by atoms with van der Waals surface area (Å²) in [6.45, 7) is 1.44. The summed E-state index contributed by atoms with van der Waals surface area (Å²) >= 11 is 0. The third-order valence-corrected chi connectivity index (χ3v) is 3.21. The number of hydrogen-bond acceptors (Lipinski definition) is 4. The molecule has 1 atom stereocenters. The molecule has 0 saturated heterocycles. The average molecular weight is 264 g/mol. The van der Waals surface area contributed by atoms with Crippen LogP contribution in [0.3, 0.4) is 0 Å². The van der Waals surface area contributed by atoms with E-state index in [4.69, 9.17) is 14.6 Å². The van der Waals surface area contributed by atoms with Gasteiger partial charge in [-0.2, -0.15) is 0 Å². The molecule has 0 saturated carbocycles. The van der Waals surface area contributed by atoms with Crippen molar-refractivity contribution in [3.8, 4) is 11.5 Å². The summed E-state index contributed by atoms with van der Waals surface area (Å²) in [5.41, 5.74) is 1.28. The maximum absolute atomic E-state index is 12.0. The van der Waals surface area contributed by atoms with E-state index in [1.807, 2.05) is 0 Å². The fourth-order valence-corrected chi connectivity index (χ4v) is 2.24. The van der Waals surface area contributed by atoms with Gasteiger partial charge in [-0.25, -0.2) is 4.79 Å².